The number of nitrogens with one attached hydrogen (secondary N) is 1. The lowest BCUT2D eigenvalue weighted by Crippen LogP contribution is -2.05. The van der Waals surface area contributed by atoms with Crippen LogP contribution >= 0.6 is 0 Å². The van der Waals surface area contributed by atoms with E-state index in [0.29, 0.717) is 6.61 Å². The summed E-state index contributed by atoms with van der Waals surface area (Å²) in [5.41, 5.74) is 0. The molecule has 6 nitrogen and oxygen atoms in total. The van der Waals surface area contributed by atoms with E-state index in [9.17, 15) is 8.78 Å². The highest BCUT2D eigenvalue weighted by molar-refractivity contribution is 5.31. The third kappa shape index (κ3) is 3.08. The zero-order chi connectivity index (χ0) is 14.5. The Morgan fingerprint density at radius 1 is 1.15 bits per heavy atom. The number of hydrogen-bond donors (Lipinski definition) is 1. The Labute approximate surface area is 113 Å². The molecule has 20 heavy (non-hydrogen) atoms. The van der Waals surface area contributed by atoms with Crippen LogP contribution in [0.1, 0.15) is 6.92 Å². The van der Waals surface area contributed by atoms with Crippen molar-refractivity contribution in [1.29, 1.82) is 0 Å². The minimum Gasteiger partial charge on any atom is -0.464 e. The second-order valence-electron chi connectivity index (χ2n) is 3.56. The summed E-state index contributed by atoms with van der Waals surface area (Å²) in [5.74, 6) is -2.26. The number of aromatic nitrogens is 3. The van der Waals surface area contributed by atoms with E-state index in [0.717, 1.165) is 6.07 Å². The molecular weight excluding hydrogens is 270 g/mol. The maximum atomic E-state index is 13.5. The van der Waals surface area contributed by atoms with Crippen molar-refractivity contribution in [1.82, 2.24) is 15.0 Å². The Morgan fingerprint density at radius 3 is 2.60 bits per heavy atom. The van der Waals surface area contributed by atoms with E-state index < -0.39 is 11.6 Å². The number of benzene rings is 1. The lowest BCUT2D eigenvalue weighted by molar-refractivity contribution is 0.302. The first-order valence-corrected chi connectivity index (χ1v) is 5.82. The average Bonchev–Trinajstić information content (AvgIpc) is 2.44. The molecule has 0 bridgehead atoms. The fraction of sp³-hybridized carbons (Fsp3) is 0.250. The largest absolute Gasteiger partial charge is 0.464 e. The van der Waals surface area contributed by atoms with Gasteiger partial charge in [0, 0.05) is 7.05 Å². The van der Waals surface area contributed by atoms with Gasteiger partial charge in [-0.2, -0.15) is 14.4 Å². The molecule has 0 atom stereocenters. The first kappa shape index (κ1) is 13.9. The molecular formula is C12H12F2N4O2. The van der Waals surface area contributed by atoms with Gasteiger partial charge in [0.2, 0.25) is 11.8 Å². The molecule has 0 unspecified atom stereocenters. The van der Waals surface area contributed by atoms with E-state index in [1.807, 2.05) is 0 Å². The van der Waals surface area contributed by atoms with Gasteiger partial charge in [0.25, 0.3) is 0 Å². The Balaban J connectivity index is 2.32. The number of nitrogens with zero attached hydrogens (tertiary/aromatic N) is 3. The van der Waals surface area contributed by atoms with Gasteiger partial charge in [-0.05, 0) is 19.1 Å². The Kier molecular flexibility index (Phi) is 4.24. The summed E-state index contributed by atoms with van der Waals surface area (Å²) in [4.78, 5) is 11.6. The first-order valence-electron chi connectivity index (χ1n) is 5.82. The molecule has 1 N–H and O–H groups in total. The van der Waals surface area contributed by atoms with Gasteiger partial charge in [0.05, 0.1) is 6.61 Å². The molecule has 0 aliphatic rings. The van der Waals surface area contributed by atoms with Gasteiger partial charge in [-0.1, -0.05) is 6.07 Å². The fourth-order valence-electron chi connectivity index (χ4n) is 1.35. The van der Waals surface area contributed by atoms with Gasteiger partial charge in [-0.25, -0.2) is 4.39 Å². The summed E-state index contributed by atoms with van der Waals surface area (Å²) in [6, 6.07) is 3.40. The van der Waals surface area contributed by atoms with Crippen LogP contribution in [0.2, 0.25) is 0 Å². The predicted octanol–water partition coefficient (Wildman–Crippen LogP) is 2.38. The highest BCUT2D eigenvalue weighted by Crippen LogP contribution is 2.24. The summed E-state index contributed by atoms with van der Waals surface area (Å²) in [6.45, 7) is 2.11. The highest BCUT2D eigenvalue weighted by atomic mass is 19.2. The van der Waals surface area contributed by atoms with Crippen molar-refractivity contribution in [3.63, 3.8) is 0 Å². The van der Waals surface area contributed by atoms with Crippen LogP contribution < -0.4 is 14.8 Å². The molecule has 1 aromatic heterocycles. The molecule has 0 aliphatic heterocycles. The first-order chi connectivity index (χ1) is 9.63. The molecule has 0 fully saturated rings. The van der Waals surface area contributed by atoms with Crippen LogP contribution in [0.25, 0.3) is 0 Å². The quantitative estimate of drug-likeness (QED) is 0.908. The number of rotatable bonds is 5. The Bertz CT molecular complexity index is 610. The maximum absolute atomic E-state index is 13.5. The van der Waals surface area contributed by atoms with Crippen molar-refractivity contribution < 1.29 is 18.3 Å². The molecule has 8 heteroatoms. The van der Waals surface area contributed by atoms with Crippen LogP contribution in [0.15, 0.2) is 18.2 Å². The molecule has 0 spiro atoms. The van der Waals surface area contributed by atoms with Crippen LogP contribution in [0.4, 0.5) is 14.7 Å². The van der Waals surface area contributed by atoms with Crippen molar-refractivity contribution in [3.8, 4) is 17.8 Å². The average molecular weight is 282 g/mol. The second-order valence-corrected chi connectivity index (χ2v) is 3.56. The molecule has 0 saturated carbocycles. The number of halogens is 2. The van der Waals surface area contributed by atoms with E-state index in [4.69, 9.17) is 9.47 Å². The van der Waals surface area contributed by atoms with Crippen molar-refractivity contribution in [3.05, 3.63) is 29.8 Å². The van der Waals surface area contributed by atoms with Crippen LogP contribution in [0.3, 0.4) is 0 Å². The topological polar surface area (TPSA) is 69.2 Å². The minimum atomic E-state index is -1.11. The van der Waals surface area contributed by atoms with Crippen molar-refractivity contribution in [2.45, 2.75) is 6.92 Å². The van der Waals surface area contributed by atoms with Gasteiger partial charge in [0.15, 0.2) is 11.6 Å². The number of anilines is 1. The molecule has 0 amide bonds. The predicted molar refractivity (Wildman–Crippen MR) is 67.0 cm³/mol. The Hall–Kier alpha value is -2.51. The normalized spacial score (nSPS) is 10.2. The van der Waals surface area contributed by atoms with E-state index in [1.165, 1.54) is 12.1 Å². The molecule has 2 aromatic rings. The third-order valence-electron chi connectivity index (χ3n) is 2.21. The van der Waals surface area contributed by atoms with E-state index >= 15 is 0 Å². The molecule has 2 rings (SSSR count). The molecule has 1 heterocycles. The zero-order valence-electron chi connectivity index (χ0n) is 10.9. The van der Waals surface area contributed by atoms with Crippen LogP contribution in [-0.2, 0) is 0 Å². The monoisotopic (exact) mass is 282 g/mol. The SMILES string of the molecule is CCOc1nc(NC)nc(Oc2cccc(F)c2F)n1. The van der Waals surface area contributed by atoms with Gasteiger partial charge in [-0.3, -0.25) is 0 Å². The summed E-state index contributed by atoms with van der Waals surface area (Å²) < 4.78 is 36.8. The van der Waals surface area contributed by atoms with Gasteiger partial charge < -0.3 is 14.8 Å². The lowest BCUT2D eigenvalue weighted by Gasteiger charge is -2.08. The summed E-state index contributed by atoms with van der Waals surface area (Å²) in [5, 5.41) is 2.69. The number of hydrogen-bond acceptors (Lipinski definition) is 6. The van der Waals surface area contributed by atoms with E-state index in [1.54, 1.807) is 14.0 Å². The minimum absolute atomic E-state index is 0.0265. The highest BCUT2D eigenvalue weighted by Gasteiger charge is 2.13. The van der Waals surface area contributed by atoms with Crippen molar-refractivity contribution >= 4 is 5.95 Å². The van der Waals surface area contributed by atoms with Gasteiger partial charge in [-0.15, -0.1) is 4.98 Å². The number of ether oxygens (including phenoxy) is 2. The molecule has 0 aliphatic carbocycles. The van der Waals surface area contributed by atoms with Gasteiger partial charge in [0.1, 0.15) is 0 Å². The van der Waals surface area contributed by atoms with E-state index in [2.05, 4.69) is 20.3 Å². The van der Waals surface area contributed by atoms with Crippen LogP contribution in [0, 0.1) is 11.6 Å². The van der Waals surface area contributed by atoms with Crippen LogP contribution in [0.5, 0.6) is 17.8 Å². The third-order valence-corrected chi connectivity index (χ3v) is 2.21. The van der Waals surface area contributed by atoms with Gasteiger partial charge >= 0.3 is 12.0 Å². The lowest BCUT2D eigenvalue weighted by atomic mass is 10.3. The summed E-state index contributed by atoms with van der Waals surface area (Å²) in [6.07, 6.45) is 0. The summed E-state index contributed by atoms with van der Waals surface area (Å²) >= 11 is 0. The molecule has 1 aromatic carbocycles. The van der Waals surface area contributed by atoms with Crippen LogP contribution in [-0.4, -0.2) is 28.6 Å². The standard InChI is InChI=1S/C12H12F2N4O2/c1-3-19-11-16-10(15-2)17-12(18-11)20-8-6-4-5-7(13)9(8)14/h4-6H,3H2,1-2H3,(H,15,16,17,18). The molecule has 0 saturated heterocycles. The maximum Gasteiger partial charge on any atom is 0.330 e. The van der Waals surface area contributed by atoms with E-state index in [-0.39, 0.29) is 23.7 Å². The molecule has 0 radical (unpaired) electrons. The smallest absolute Gasteiger partial charge is 0.330 e. The Morgan fingerprint density at radius 2 is 1.90 bits per heavy atom. The fourth-order valence-corrected chi connectivity index (χ4v) is 1.35. The summed E-state index contributed by atoms with van der Waals surface area (Å²) in [7, 11) is 1.59. The van der Waals surface area contributed by atoms with Crippen molar-refractivity contribution in [2.24, 2.45) is 0 Å². The molecule has 106 valence electrons. The van der Waals surface area contributed by atoms with Crippen molar-refractivity contribution in [2.75, 3.05) is 19.0 Å². The zero-order valence-corrected chi connectivity index (χ0v) is 10.9. The second kappa shape index (κ2) is 6.09.